The summed E-state index contributed by atoms with van der Waals surface area (Å²) in [6.07, 6.45) is 2.43. The van der Waals surface area contributed by atoms with Gasteiger partial charge in [0.15, 0.2) is 0 Å². The lowest BCUT2D eigenvalue weighted by molar-refractivity contribution is 0.314. The van der Waals surface area contributed by atoms with E-state index in [-0.39, 0.29) is 0 Å². The van der Waals surface area contributed by atoms with Crippen molar-refractivity contribution in [1.29, 1.82) is 0 Å². The fourth-order valence-electron chi connectivity index (χ4n) is 2.01. The molecule has 0 fully saturated rings. The summed E-state index contributed by atoms with van der Waals surface area (Å²) in [6.45, 7) is 2.01. The van der Waals surface area contributed by atoms with Gasteiger partial charge < -0.3 is 9.64 Å². The first kappa shape index (κ1) is 9.99. The van der Waals surface area contributed by atoms with Crippen LogP contribution in [0.25, 0.3) is 0 Å². The maximum Gasteiger partial charge on any atom is 0.133 e. The van der Waals surface area contributed by atoms with Crippen molar-refractivity contribution in [3.05, 3.63) is 16.3 Å². The number of fused-ring (bicyclic) bond motifs is 1. The third-order valence-electron chi connectivity index (χ3n) is 2.63. The predicted octanol–water partition coefficient (Wildman–Crippen LogP) is 2.57. The zero-order valence-electron chi connectivity index (χ0n) is 8.82. The molecule has 0 radical (unpaired) electrons. The van der Waals surface area contributed by atoms with Crippen LogP contribution in [0.5, 0.6) is 5.75 Å². The lowest BCUT2D eigenvalue weighted by Gasteiger charge is -2.18. The predicted molar refractivity (Wildman–Crippen MR) is 60.3 cm³/mol. The molecule has 2 nitrogen and oxygen atoms in total. The van der Waals surface area contributed by atoms with Gasteiger partial charge in [-0.1, -0.05) is 0 Å². The van der Waals surface area contributed by atoms with Crippen molar-refractivity contribution < 1.29 is 4.74 Å². The summed E-state index contributed by atoms with van der Waals surface area (Å²) in [4.78, 5) is 2.26. The van der Waals surface area contributed by atoms with Crippen LogP contribution in [-0.2, 0) is 0 Å². The molecule has 1 unspecified atom stereocenters. The molecule has 1 aliphatic heterocycles. The van der Waals surface area contributed by atoms with Gasteiger partial charge in [-0.2, -0.15) is 0 Å². The van der Waals surface area contributed by atoms with Crippen LogP contribution in [0.3, 0.4) is 0 Å². The molecule has 1 aromatic heterocycles. The topological polar surface area (TPSA) is 12.5 Å². The summed E-state index contributed by atoms with van der Waals surface area (Å²) in [5, 5.41) is 4.37. The third-order valence-corrected chi connectivity index (χ3v) is 3.37. The monoisotopic (exact) mass is 211 g/mol. The molecule has 0 saturated heterocycles. The lowest BCUT2D eigenvalue weighted by Crippen LogP contribution is -2.19. The van der Waals surface area contributed by atoms with E-state index in [1.165, 1.54) is 18.4 Å². The highest BCUT2D eigenvalue weighted by Gasteiger charge is 2.20. The Labute approximate surface area is 89.5 Å². The second-order valence-electron chi connectivity index (χ2n) is 4.14. The first-order chi connectivity index (χ1) is 6.77. The Bertz CT molecular complexity index is 295. The van der Waals surface area contributed by atoms with Gasteiger partial charge in [0.1, 0.15) is 5.75 Å². The minimum atomic E-state index is 0.661. The number of rotatable bonds is 2. The van der Waals surface area contributed by atoms with Gasteiger partial charge in [-0.25, -0.2) is 0 Å². The largest absolute Gasteiger partial charge is 0.492 e. The highest BCUT2D eigenvalue weighted by Crippen LogP contribution is 2.36. The van der Waals surface area contributed by atoms with E-state index in [0.29, 0.717) is 5.92 Å². The molecule has 0 amide bonds. The second kappa shape index (κ2) is 4.32. The zero-order chi connectivity index (χ0) is 9.97. The van der Waals surface area contributed by atoms with Gasteiger partial charge in [0.05, 0.1) is 6.61 Å². The van der Waals surface area contributed by atoms with Crippen LogP contribution >= 0.6 is 11.3 Å². The summed E-state index contributed by atoms with van der Waals surface area (Å²) in [5.41, 5.74) is 1.42. The van der Waals surface area contributed by atoms with Gasteiger partial charge in [-0.3, -0.25) is 0 Å². The van der Waals surface area contributed by atoms with E-state index in [1.807, 2.05) is 0 Å². The van der Waals surface area contributed by atoms with E-state index in [2.05, 4.69) is 29.8 Å². The van der Waals surface area contributed by atoms with Crippen molar-refractivity contribution in [2.75, 3.05) is 27.2 Å². The average molecular weight is 211 g/mol. The maximum atomic E-state index is 5.69. The minimum absolute atomic E-state index is 0.661. The molecule has 78 valence electrons. The first-order valence-corrected chi connectivity index (χ1v) is 6.05. The molecule has 0 N–H and O–H groups in total. The van der Waals surface area contributed by atoms with E-state index in [0.717, 1.165) is 18.9 Å². The summed E-state index contributed by atoms with van der Waals surface area (Å²) < 4.78 is 5.69. The van der Waals surface area contributed by atoms with E-state index < -0.39 is 0 Å². The molecule has 0 bridgehead atoms. The molecule has 1 aliphatic rings. The van der Waals surface area contributed by atoms with Gasteiger partial charge in [-0.15, -0.1) is 11.3 Å². The van der Waals surface area contributed by atoms with Crippen LogP contribution in [0.4, 0.5) is 0 Å². The Kier molecular flexibility index (Phi) is 3.08. The Morgan fingerprint density at radius 1 is 1.50 bits per heavy atom. The van der Waals surface area contributed by atoms with Gasteiger partial charge in [0.2, 0.25) is 0 Å². The van der Waals surface area contributed by atoms with Crippen LogP contribution < -0.4 is 4.74 Å². The Morgan fingerprint density at radius 2 is 2.36 bits per heavy atom. The SMILES string of the molecule is CN(C)CC1CCCOc2cscc21. The normalized spacial score (nSPS) is 21.5. The van der Waals surface area contributed by atoms with Crippen molar-refractivity contribution >= 4 is 11.3 Å². The number of ether oxygens (including phenoxy) is 1. The minimum Gasteiger partial charge on any atom is -0.492 e. The molecular formula is C11H17NOS. The van der Waals surface area contributed by atoms with E-state index in [1.54, 1.807) is 11.3 Å². The molecule has 0 saturated carbocycles. The Hall–Kier alpha value is -0.540. The fraction of sp³-hybridized carbons (Fsp3) is 0.636. The van der Waals surface area contributed by atoms with Crippen LogP contribution in [0.15, 0.2) is 10.8 Å². The van der Waals surface area contributed by atoms with E-state index in [4.69, 9.17) is 4.74 Å². The van der Waals surface area contributed by atoms with Crippen LogP contribution in [0.2, 0.25) is 0 Å². The molecule has 0 spiro atoms. The summed E-state index contributed by atoms with van der Waals surface area (Å²) >= 11 is 1.75. The van der Waals surface area contributed by atoms with Crippen molar-refractivity contribution in [2.45, 2.75) is 18.8 Å². The molecular weight excluding hydrogens is 194 g/mol. The number of hydrogen-bond donors (Lipinski definition) is 0. The van der Waals surface area contributed by atoms with Crippen LogP contribution in [-0.4, -0.2) is 32.1 Å². The summed E-state index contributed by atoms with van der Waals surface area (Å²) in [5.74, 6) is 1.79. The number of hydrogen-bond acceptors (Lipinski definition) is 3. The molecule has 1 atom stereocenters. The van der Waals surface area contributed by atoms with Gasteiger partial charge in [0, 0.05) is 23.4 Å². The Morgan fingerprint density at radius 3 is 3.14 bits per heavy atom. The molecule has 1 aromatic rings. The number of nitrogens with zero attached hydrogens (tertiary/aromatic N) is 1. The zero-order valence-corrected chi connectivity index (χ0v) is 9.64. The standard InChI is InChI=1S/C11H17NOS/c1-12(2)6-9-4-3-5-13-11-8-14-7-10(9)11/h7-9H,3-6H2,1-2H3. The van der Waals surface area contributed by atoms with Crippen molar-refractivity contribution in [3.8, 4) is 5.75 Å². The smallest absolute Gasteiger partial charge is 0.133 e. The molecule has 2 heterocycles. The quantitative estimate of drug-likeness (QED) is 0.745. The van der Waals surface area contributed by atoms with Gasteiger partial charge in [-0.05, 0) is 32.3 Å². The number of likely N-dealkylation sites (N-methyl/N-ethyl adjacent to an activating group) is 1. The molecule has 14 heavy (non-hydrogen) atoms. The average Bonchev–Trinajstić information content (AvgIpc) is 2.51. The van der Waals surface area contributed by atoms with Crippen LogP contribution in [0.1, 0.15) is 24.3 Å². The van der Waals surface area contributed by atoms with E-state index in [9.17, 15) is 0 Å². The fourth-order valence-corrected chi connectivity index (χ4v) is 2.86. The van der Waals surface area contributed by atoms with Crippen molar-refractivity contribution in [3.63, 3.8) is 0 Å². The second-order valence-corrected chi connectivity index (χ2v) is 4.88. The molecule has 3 heteroatoms. The van der Waals surface area contributed by atoms with Crippen molar-refractivity contribution in [1.82, 2.24) is 4.90 Å². The van der Waals surface area contributed by atoms with Gasteiger partial charge in [0.25, 0.3) is 0 Å². The number of thiophene rings is 1. The van der Waals surface area contributed by atoms with E-state index >= 15 is 0 Å². The molecule has 2 rings (SSSR count). The third kappa shape index (κ3) is 2.10. The first-order valence-electron chi connectivity index (χ1n) is 5.11. The Balaban J connectivity index is 2.17. The highest BCUT2D eigenvalue weighted by atomic mass is 32.1. The lowest BCUT2D eigenvalue weighted by atomic mass is 9.97. The van der Waals surface area contributed by atoms with Crippen LogP contribution in [0, 0.1) is 0 Å². The molecule has 0 aliphatic carbocycles. The van der Waals surface area contributed by atoms with Gasteiger partial charge >= 0.3 is 0 Å². The maximum absolute atomic E-state index is 5.69. The highest BCUT2D eigenvalue weighted by molar-refractivity contribution is 7.08. The summed E-state index contributed by atoms with van der Waals surface area (Å²) in [7, 11) is 4.27. The summed E-state index contributed by atoms with van der Waals surface area (Å²) in [6, 6.07) is 0. The molecule has 0 aromatic carbocycles. The van der Waals surface area contributed by atoms with Crippen molar-refractivity contribution in [2.24, 2.45) is 0 Å².